The molecular weight excluding hydrogens is 114 g/mol. The van der Waals surface area contributed by atoms with Crippen molar-refractivity contribution in [2.75, 3.05) is 0 Å². The lowest BCUT2D eigenvalue weighted by Gasteiger charge is -1.98. The van der Waals surface area contributed by atoms with Crippen LogP contribution in [0, 0.1) is 12.3 Å². The van der Waals surface area contributed by atoms with Crippen LogP contribution >= 0.6 is 18.5 Å². The Morgan fingerprint density at radius 3 is 1.67 bits per heavy atom. The minimum atomic E-state index is 0.117. The second kappa shape index (κ2) is 3.46. The predicted molar refractivity (Wildman–Crippen MR) is 35.8 cm³/mol. The van der Waals surface area contributed by atoms with Crippen LogP contribution < -0.4 is 0 Å². The molecule has 0 radical (unpaired) electrons. The molecule has 0 aliphatic rings. The van der Waals surface area contributed by atoms with Gasteiger partial charge in [0.25, 0.3) is 0 Å². The molecule has 0 saturated heterocycles. The van der Waals surface area contributed by atoms with Crippen LogP contribution in [0.3, 0.4) is 0 Å². The van der Waals surface area contributed by atoms with Crippen molar-refractivity contribution >= 4 is 24.3 Å². The summed E-state index contributed by atoms with van der Waals surface area (Å²) in [4.78, 5) is 10.1. The van der Waals surface area contributed by atoms with Crippen LogP contribution in [0.15, 0.2) is 0 Å². The van der Waals surface area contributed by atoms with Gasteiger partial charge in [-0.15, -0.1) is 18.5 Å². The highest BCUT2D eigenvalue weighted by Crippen LogP contribution is 1.98. The van der Waals surface area contributed by atoms with E-state index < -0.39 is 0 Å². The highest BCUT2D eigenvalue weighted by atomic mass is 31.0. The Bertz CT molecular complexity index is 46.8. The van der Waals surface area contributed by atoms with Gasteiger partial charge in [-0.25, -0.2) is 12.3 Å². The summed E-state index contributed by atoms with van der Waals surface area (Å²) in [5.74, 6) is 0.117. The van der Waals surface area contributed by atoms with Crippen LogP contribution in [0.5, 0.6) is 0 Å². The summed E-state index contributed by atoms with van der Waals surface area (Å²) in [6.07, 6.45) is 3.12. The van der Waals surface area contributed by atoms with E-state index in [2.05, 4.69) is 0 Å². The summed E-state index contributed by atoms with van der Waals surface area (Å²) in [6.45, 7) is 0. The fourth-order valence-electron chi connectivity index (χ4n) is 0.0833. The van der Waals surface area contributed by atoms with Crippen molar-refractivity contribution in [3.8, 4) is 0 Å². The fraction of sp³-hybridized carbons (Fsp3) is 0. The second-order valence-corrected chi connectivity index (χ2v) is 1.63. The Morgan fingerprint density at radius 1 is 1.33 bits per heavy atom. The van der Waals surface area contributed by atoms with E-state index >= 15 is 0 Å². The molecule has 0 N–H and O–H groups in total. The fourth-order valence-corrected chi connectivity index (χ4v) is 0.750. The van der Waals surface area contributed by atoms with E-state index in [4.69, 9.17) is 0 Å². The number of Topliss-reactive ketones (excluding diaryl/α,β-unsaturated/α-hetero) is 1. The monoisotopic (exact) mass is 122 g/mol. The van der Waals surface area contributed by atoms with Crippen molar-refractivity contribution < 1.29 is 4.79 Å². The van der Waals surface area contributed by atoms with Crippen LogP contribution in [0.1, 0.15) is 0 Å². The van der Waals surface area contributed by atoms with Crippen LogP contribution in [-0.2, 0) is 4.79 Å². The number of hydrogen-bond donors (Lipinski definition) is 0. The van der Waals surface area contributed by atoms with Gasteiger partial charge in [-0.2, -0.15) is 0 Å². The summed E-state index contributed by atoms with van der Waals surface area (Å²) >= 11 is 0. The molecule has 6 heavy (non-hydrogen) atoms. The average molecular weight is 122 g/mol. The third kappa shape index (κ3) is 2.50. The molecule has 0 fully saturated rings. The molecule has 1 nitrogen and oxygen atoms in total. The van der Waals surface area contributed by atoms with E-state index in [-0.39, 0.29) is 5.78 Å². The molecule has 0 heterocycles. The third-order valence-corrected chi connectivity index (χ3v) is 1.21. The standard InChI is InChI=1S/C3H8OP2/c4-3(1-5)2-6/h1-2H,5-6H3. The van der Waals surface area contributed by atoms with Crippen molar-refractivity contribution in [3.05, 3.63) is 12.3 Å². The molecule has 0 aromatic heterocycles. The lowest BCUT2D eigenvalue weighted by atomic mass is 10.5. The number of rotatable bonds is 2. The zero-order valence-corrected chi connectivity index (χ0v) is 6.31. The van der Waals surface area contributed by atoms with Gasteiger partial charge in [0.15, 0.2) is 0 Å². The lowest BCUT2D eigenvalue weighted by Crippen LogP contribution is -1.85. The van der Waals surface area contributed by atoms with E-state index in [1.807, 2.05) is 0 Å². The average Bonchev–Trinajstić information content (AvgIpc) is 1.65. The zero-order chi connectivity index (χ0) is 4.99. The molecule has 0 rings (SSSR count). The Kier molecular flexibility index (Phi) is 3.62. The van der Waals surface area contributed by atoms with Gasteiger partial charge in [-0.1, -0.05) is 5.78 Å². The maximum Gasteiger partial charge on any atom is -0.0687 e. The van der Waals surface area contributed by atoms with E-state index in [0.717, 1.165) is 0 Å². The van der Waals surface area contributed by atoms with Gasteiger partial charge in [0, 0.05) is 0 Å². The van der Waals surface area contributed by atoms with Crippen molar-refractivity contribution in [2.24, 2.45) is 0 Å². The maximum atomic E-state index is 10.1. The molecule has 0 saturated carbocycles. The van der Waals surface area contributed by atoms with Crippen LogP contribution in [-0.4, -0.2) is 5.78 Å². The number of hydrogen-bond acceptors (Lipinski definition) is 1. The van der Waals surface area contributed by atoms with E-state index in [1.165, 1.54) is 0 Å². The molecule has 36 valence electrons. The van der Waals surface area contributed by atoms with E-state index in [1.54, 1.807) is 30.8 Å². The number of ketones is 1. The quantitative estimate of drug-likeness (QED) is 0.375. The largest absolute Gasteiger partial charge is 0.361 e. The first-order valence-electron chi connectivity index (χ1n) is 1.60. The first-order chi connectivity index (χ1) is 2.81. The lowest BCUT2D eigenvalue weighted by molar-refractivity contribution is -0.111. The Balaban J connectivity index is 2.99. The van der Waals surface area contributed by atoms with Crippen LogP contribution in [0.25, 0.3) is 0 Å². The summed E-state index contributed by atoms with van der Waals surface area (Å²) in [6, 6.07) is 0. The van der Waals surface area contributed by atoms with Crippen molar-refractivity contribution in [1.29, 1.82) is 0 Å². The summed E-state index contributed by atoms with van der Waals surface area (Å²) < 4.78 is 0. The van der Waals surface area contributed by atoms with E-state index in [9.17, 15) is 4.79 Å². The summed E-state index contributed by atoms with van der Waals surface area (Å²) in [5.41, 5.74) is 0. The second-order valence-electron chi connectivity index (χ2n) is 0.811. The highest BCUT2D eigenvalue weighted by molar-refractivity contribution is 7.25. The highest BCUT2D eigenvalue weighted by Gasteiger charge is 1.68. The normalized spacial score (nSPS) is 8.00. The van der Waals surface area contributed by atoms with Gasteiger partial charge < -0.3 is 4.79 Å². The topological polar surface area (TPSA) is 17.1 Å². The maximum absolute atomic E-state index is 10.1. The molecule has 0 amide bonds. The smallest absolute Gasteiger partial charge is 0.0687 e. The minimum Gasteiger partial charge on any atom is -0.361 e. The molecule has 2 atom stereocenters. The van der Waals surface area contributed by atoms with Crippen molar-refractivity contribution in [3.63, 3.8) is 0 Å². The molecule has 0 aliphatic carbocycles. The van der Waals surface area contributed by atoms with Gasteiger partial charge in [0.05, 0.1) is 0 Å². The van der Waals surface area contributed by atoms with Crippen LogP contribution in [0.2, 0.25) is 0 Å². The summed E-state index contributed by atoms with van der Waals surface area (Å²) in [5, 5.41) is 0. The van der Waals surface area contributed by atoms with Gasteiger partial charge in [0.2, 0.25) is 0 Å². The Labute approximate surface area is 42.3 Å². The Morgan fingerprint density at radius 2 is 1.67 bits per heavy atom. The van der Waals surface area contributed by atoms with E-state index in [0.29, 0.717) is 0 Å². The van der Waals surface area contributed by atoms with Crippen molar-refractivity contribution in [1.82, 2.24) is 0 Å². The molecule has 0 spiro atoms. The molecule has 0 aromatic rings. The zero-order valence-electron chi connectivity index (χ0n) is 3.48. The SMILES string of the molecule is O=C([CH-][PH3+])[CH-][PH3+]. The van der Waals surface area contributed by atoms with Crippen LogP contribution in [0.4, 0.5) is 0 Å². The number of carbonyl (C=O) groups is 1. The molecule has 2 unspecified atom stereocenters. The Hall–Kier alpha value is 0.270. The first kappa shape index (κ1) is 6.27. The molecule has 0 aliphatic heterocycles. The molecule has 3 heteroatoms. The molecule has 0 aromatic carbocycles. The first-order valence-corrected chi connectivity index (χ1v) is 3.23. The molecular formula is C3H8OP2. The van der Waals surface area contributed by atoms with Gasteiger partial charge in [-0.3, -0.25) is 0 Å². The number of carbonyl (C=O) groups excluding carboxylic acids is 1. The van der Waals surface area contributed by atoms with Crippen molar-refractivity contribution in [2.45, 2.75) is 0 Å². The van der Waals surface area contributed by atoms with Gasteiger partial charge in [0.1, 0.15) is 0 Å². The van der Waals surface area contributed by atoms with Gasteiger partial charge >= 0.3 is 0 Å². The predicted octanol–water partition coefficient (Wildman–Crippen LogP) is 0.0939. The third-order valence-electron chi connectivity index (χ3n) is 0.402. The van der Waals surface area contributed by atoms with Gasteiger partial charge in [-0.05, 0) is 0 Å². The summed E-state index contributed by atoms with van der Waals surface area (Å²) in [7, 11) is 3.12. The minimum absolute atomic E-state index is 0.117. The molecule has 0 bridgehead atoms.